The summed E-state index contributed by atoms with van der Waals surface area (Å²) in [5, 5.41) is 17.9. The van der Waals surface area contributed by atoms with E-state index in [2.05, 4.69) is 10.5 Å². The van der Waals surface area contributed by atoms with Gasteiger partial charge in [0.25, 0.3) is 0 Å². The van der Waals surface area contributed by atoms with Gasteiger partial charge in [-0.1, -0.05) is 17.3 Å². The summed E-state index contributed by atoms with van der Waals surface area (Å²) in [6.45, 7) is 0.886. The summed E-state index contributed by atoms with van der Waals surface area (Å²) >= 11 is 0. The largest absolute Gasteiger partial charge is 0.491 e. The van der Waals surface area contributed by atoms with Crippen LogP contribution < -0.4 is 10.1 Å². The Morgan fingerprint density at radius 1 is 1.00 bits per heavy atom. The third-order valence-electron chi connectivity index (χ3n) is 4.60. The molecule has 3 aromatic carbocycles. The predicted molar refractivity (Wildman–Crippen MR) is 109 cm³/mol. The van der Waals surface area contributed by atoms with Gasteiger partial charge < -0.3 is 19.7 Å². The highest BCUT2D eigenvalue weighted by Crippen LogP contribution is 2.29. The molecule has 0 aliphatic carbocycles. The van der Waals surface area contributed by atoms with Crippen LogP contribution in [-0.2, 0) is 6.54 Å². The highest BCUT2D eigenvalue weighted by molar-refractivity contribution is 5.91. The molecule has 154 valence electrons. The lowest BCUT2D eigenvalue weighted by molar-refractivity contribution is 0.106. The van der Waals surface area contributed by atoms with Crippen molar-refractivity contribution >= 4 is 11.0 Å². The van der Waals surface area contributed by atoms with Crippen LogP contribution in [0.1, 0.15) is 5.56 Å². The van der Waals surface area contributed by atoms with Gasteiger partial charge in [-0.05, 0) is 54.1 Å². The van der Waals surface area contributed by atoms with Crippen LogP contribution in [-0.4, -0.2) is 29.5 Å². The van der Waals surface area contributed by atoms with Gasteiger partial charge in [-0.25, -0.2) is 8.78 Å². The van der Waals surface area contributed by atoms with Gasteiger partial charge in [-0.15, -0.1) is 0 Å². The highest BCUT2D eigenvalue weighted by atomic mass is 19.1. The Labute approximate surface area is 171 Å². The number of rotatable bonds is 8. The fourth-order valence-electron chi connectivity index (χ4n) is 3.11. The molecule has 0 saturated carbocycles. The average Bonchev–Trinajstić information content (AvgIpc) is 3.16. The lowest BCUT2D eigenvalue weighted by Crippen LogP contribution is -2.31. The van der Waals surface area contributed by atoms with Gasteiger partial charge in [0.15, 0.2) is 5.58 Å². The van der Waals surface area contributed by atoms with Crippen LogP contribution in [0, 0.1) is 11.6 Å². The van der Waals surface area contributed by atoms with Crippen molar-refractivity contribution in [3.8, 4) is 17.0 Å². The number of hydrogen-bond donors (Lipinski definition) is 2. The van der Waals surface area contributed by atoms with Crippen molar-refractivity contribution in [1.29, 1.82) is 0 Å². The molecule has 4 rings (SSSR count). The van der Waals surface area contributed by atoms with Crippen molar-refractivity contribution in [1.82, 2.24) is 10.5 Å². The number of aliphatic hydroxyl groups is 1. The second kappa shape index (κ2) is 9.02. The van der Waals surface area contributed by atoms with Crippen LogP contribution in [0.3, 0.4) is 0 Å². The summed E-state index contributed by atoms with van der Waals surface area (Å²) in [4.78, 5) is 0. The number of fused-ring (bicyclic) bond motifs is 1. The molecule has 1 aromatic heterocycles. The summed E-state index contributed by atoms with van der Waals surface area (Å²) in [5.74, 6) is -0.0629. The molecule has 0 fully saturated rings. The van der Waals surface area contributed by atoms with E-state index in [4.69, 9.17) is 9.26 Å². The van der Waals surface area contributed by atoms with Crippen molar-refractivity contribution in [2.24, 2.45) is 0 Å². The SMILES string of the molecule is O[C@@H](CNCc1cccc(F)c1)COc1ccc(-c2noc3cc(F)ccc23)cc1. The number of aliphatic hydroxyl groups excluding tert-OH is 1. The predicted octanol–water partition coefficient (Wildman–Crippen LogP) is 4.30. The van der Waals surface area contributed by atoms with E-state index in [1.165, 1.54) is 24.3 Å². The second-order valence-electron chi connectivity index (χ2n) is 6.92. The van der Waals surface area contributed by atoms with Crippen LogP contribution in [0.25, 0.3) is 22.2 Å². The Morgan fingerprint density at radius 2 is 1.80 bits per heavy atom. The number of halogens is 2. The molecule has 30 heavy (non-hydrogen) atoms. The lowest BCUT2D eigenvalue weighted by atomic mass is 10.1. The Hall–Kier alpha value is -3.29. The van der Waals surface area contributed by atoms with Crippen LogP contribution in [0.4, 0.5) is 8.78 Å². The Balaban J connectivity index is 1.29. The maximum atomic E-state index is 13.3. The van der Waals surface area contributed by atoms with Crippen molar-refractivity contribution in [2.45, 2.75) is 12.6 Å². The molecule has 0 spiro atoms. The highest BCUT2D eigenvalue weighted by Gasteiger charge is 2.12. The molecule has 4 aromatic rings. The monoisotopic (exact) mass is 410 g/mol. The first-order valence-corrected chi connectivity index (χ1v) is 9.50. The van der Waals surface area contributed by atoms with Crippen molar-refractivity contribution in [3.05, 3.63) is 83.9 Å². The van der Waals surface area contributed by atoms with Gasteiger partial charge in [-0.3, -0.25) is 0 Å². The molecule has 2 N–H and O–H groups in total. The van der Waals surface area contributed by atoms with Gasteiger partial charge in [0.1, 0.15) is 35.8 Å². The van der Waals surface area contributed by atoms with Crippen molar-refractivity contribution in [3.63, 3.8) is 0 Å². The van der Waals surface area contributed by atoms with Gasteiger partial charge in [0.05, 0.1) is 0 Å². The smallest absolute Gasteiger partial charge is 0.170 e. The van der Waals surface area contributed by atoms with E-state index in [1.54, 1.807) is 24.3 Å². The van der Waals surface area contributed by atoms with Gasteiger partial charge in [-0.2, -0.15) is 0 Å². The number of nitrogens with zero attached hydrogens (tertiary/aromatic N) is 1. The quantitative estimate of drug-likeness (QED) is 0.453. The molecule has 0 bridgehead atoms. The van der Waals surface area contributed by atoms with E-state index in [-0.39, 0.29) is 18.2 Å². The maximum absolute atomic E-state index is 13.3. The fraction of sp³-hybridized carbons (Fsp3) is 0.174. The van der Waals surface area contributed by atoms with Crippen molar-refractivity contribution < 1.29 is 23.1 Å². The second-order valence-corrected chi connectivity index (χ2v) is 6.92. The van der Waals surface area contributed by atoms with Gasteiger partial charge in [0, 0.05) is 30.1 Å². The standard InChI is InChI=1S/C23H20F2N2O3/c24-17-3-1-2-15(10-17)12-26-13-19(28)14-29-20-7-4-16(5-8-20)23-21-9-6-18(25)11-22(21)30-27-23/h1-11,19,26,28H,12-14H2/t19-/m0/s1. The molecule has 1 atom stereocenters. The van der Waals surface area contributed by atoms with E-state index < -0.39 is 6.10 Å². The summed E-state index contributed by atoms with van der Waals surface area (Å²) in [5.41, 5.74) is 2.63. The zero-order valence-electron chi connectivity index (χ0n) is 16.0. The molecule has 0 aliphatic rings. The Bertz CT molecular complexity index is 1130. The summed E-state index contributed by atoms with van der Waals surface area (Å²) in [6, 6.07) is 17.8. The van der Waals surface area contributed by atoms with E-state index in [0.29, 0.717) is 30.1 Å². The summed E-state index contributed by atoms with van der Waals surface area (Å²) in [7, 11) is 0. The molecular weight excluding hydrogens is 390 g/mol. The number of ether oxygens (including phenoxy) is 1. The molecule has 5 nitrogen and oxygen atoms in total. The van der Waals surface area contributed by atoms with E-state index in [9.17, 15) is 13.9 Å². The van der Waals surface area contributed by atoms with E-state index >= 15 is 0 Å². The van der Waals surface area contributed by atoms with Crippen molar-refractivity contribution in [2.75, 3.05) is 13.2 Å². The van der Waals surface area contributed by atoms with Gasteiger partial charge >= 0.3 is 0 Å². The lowest BCUT2D eigenvalue weighted by Gasteiger charge is -2.13. The third kappa shape index (κ3) is 4.82. The van der Waals surface area contributed by atoms with E-state index in [1.807, 2.05) is 18.2 Å². The Kier molecular flexibility index (Phi) is 6.02. The zero-order valence-corrected chi connectivity index (χ0v) is 16.0. The molecule has 0 amide bonds. The first-order chi connectivity index (χ1) is 14.6. The molecule has 7 heteroatoms. The van der Waals surface area contributed by atoms with E-state index in [0.717, 1.165) is 16.5 Å². The number of nitrogens with one attached hydrogen (secondary N) is 1. The minimum atomic E-state index is -0.715. The molecule has 1 heterocycles. The summed E-state index contributed by atoms with van der Waals surface area (Å²) < 4.78 is 37.2. The van der Waals surface area contributed by atoms with Crippen LogP contribution >= 0.6 is 0 Å². The zero-order chi connectivity index (χ0) is 20.9. The maximum Gasteiger partial charge on any atom is 0.170 e. The topological polar surface area (TPSA) is 67.5 Å². The minimum absolute atomic E-state index is 0.113. The van der Waals surface area contributed by atoms with Crippen LogP contribution in [0.15, 0.2) is 71.3 Å². The number of hydrogen-bond acceptors (Lipinski definition) is 5. The third-order valence-corrected chi connectivity index (χ3v) is 4.60. The number of benzene rings is 3. The van der Waals surface area contributed by atoms with Crippen LogP contribution in [0.5, 0.6) is 5.75 Å². The molecule has 0 radical (unpaired) electrons. The average molecular weight is 410 g/mol. The Morgan fingerprint density at radius 3 is 2.60 bits per heavy atom. The van der Waals surface area contributed by atoms with Gasteiger partial charge in [0.2, 0.25) is 0 Å². The van der Waals surface area contributed by atoms with Crippen LogP contribution in [0.2, 0.25) is 0 Å². The molecule has 0 saturated heterocycles. The summed E-state index contributed by atoms with van der Waals surface area (Å²) in [6.07, 6.45) is -0.715. The first-order valence-electron chi connectivity index (χ1n) is 9.50. The fourth-order valence-corrected chi connectivity index (χ4v) is 3.11. The molecular formula is C23H20F2N2O3. The first kappa shape index (κ1) is 20.0. The normalized spacial score (nSPS) is 12.2. The minimum Gasteiger partial charge on any atom is -0.491 e. The number of aromatic nitrogens is 1. The molecule has 0 unspecified atom stereocenters. The molecule has 0 aliphatic heterocycles.